The van der Waals surface area contributed by atoms with Gasteiger partial charge in [0.05, 0.1) is 6.61 Å². The molecule has 0 aromatic heterocycles. The molecule has 8 nitrogen and oxygen atoms in total. The molecule has 0 N–H and O–H groups in total. The molecule has 1 aliphatic rings. The first-order valence-corrected chi connectivity index (χ1v) is 11.3. The van der Waals surface area contributed by atoms with E-state index in [0.29, 0.717) is 13.0 Å². The number of carbonyl (C=O) groups excluding carboxylic acids is 1. The molecule has 9 heteroatoms. The van der Waals surface area contributed by atoms with E-state index < -0.39 is 19.5 Å². The van der Waals surface area contributed by atoms with Crippen LogP contribution in [-0.2, 0) is 18.6 Å². The van der Waals surface area contributed by atoms with Crippen LogP contribution in [0.2, 0.25) is 0 Å². The molecule has 1 heterocycles. The first-order chi connectivity index (χ1) is 14.7. The summed E-state index contributed by atoms with van der Waals surface area (Å²) in [7, 11) is -4.28. The summed E-state index contributed by atoms with van der Waals surface area (Å²) in [6, 6.07) is 17.0. The third-order valence-electron chi connectivity index (χ3n) is 3.83. The maximum atomic E-state index is 13.6. The van der Waals surface area contributed by atoms with Crippen LogP contribution in [-0.4, -0.2) is 29.7 Å². The van der Waals surface area contributed by atoms with E-state index in [1.807, 2.05) is 0 Å². The Morgan fingerprint density at radius 1 is 0.935 bits per heavy atom. The molecular weight excluding hydrogens is 421 g/mol. The van der Waals surface area contributed by atoms with Crippen LogP contribution < -0.4 is 9.05 Å². The molecule has 2 aromatic rings. The lowest BCUT2D eigenvalue weighted by Crippen LogP contribution is -2.37. The highest BCUT2D eigenvalue weighted by Gasteiger charge is 2.38. The molecule has 0 spiro atoms. The Kier molecular flexibility index (Phi) is 7.13. The molecule has 2 aromatic carbocycles. The smallest absolute Gasteiger partial charge is 0.496 e. The van der Waals surface area contributed by atoms with Gasteiger partial charge >= 0.3 is 13.9 Å². The number of ether oxygens (including phenoxy) is 2. The normalized spacial score (nSPS) is 14.5. The van der Waals surface area contributed by atoms with Gasteiger partial charge in [0.1, 0.15) is 23.4 Å². The summed E-state index contributed by atoms with van der Waals surface area (Å²) in [4.78, 5) is 14.0. The molecule has 0 bridgehead atoms. The molecule has 0 atom stereocenters. The van der Waals surface area contributed by atoms with Crippen molar-refractivity contribution in [2.75, 3.05) is 13.2 Å². The Balaban J connectivity index is 1.89. The highest BCUT2D eigenvalue weighted by molar-refractivity contribution is 7.49. The van der Waals surface area contributed by atoms with Gasteiger partial charge in [-0.3, -0.25) is 0 Å². The van der Waals surface area contributed by atoms with Crippen LogP contribution in [0.15, 0.2) is 72.8 Å². The average molecular weight is 447 g/mol. The topological polar surface area (TPSA) is 83.5 Å². The van der Waals surface area contributed by atoms with E-state index in [4.69, 9.17) is 23.0 Å². The van der Waals surface area contributed by atoms with Crippen LogP contribution in [0.3, 0.4) is 0 Å². The Morgan fingerprint density at radius 2 is 1.48 bits per heavy atom. The summed E-state index contributed by atoms with van der Waals surface area (Å²) in [5, 5.41) is 0. The Labute approximate surface area is 181 Å². The maximum absolute atomic E-state index is 13.6. The molecule has 31 heavy (non-hydrogen) atoms. The van der Waals surface area contributed by atoms with Crippen molar-refractivity contribution in [3.05, 3.63) is 72.8 Å². The van der Waals surface area contributed by atoms with E-state index in [0.717, 1.165) is 0 Å². The van der Waals surface area contributed by atoms with Crippen molar-refractivity contribution >= 4 is 13.9 Å². The zero-order valence-electron chi connectivity index (χ0n) is 17.7. The van der Waals surface area contributed by atoms with Gasteiger partial charge in [-0.1, -0.05) is 36.4 Å². The van der Waals surface area contributed by atoms with E-state index in [2.05, 4.69) is 0 Å². The number of para-hydroxylation sites is 2. The van der Waals surface area contributed by atoms with Gasteiger partial charge in [0.15, 0.2) is 0 Å². The fourth-order valence-electron chi connectivity index (χ4n) is 2.57. The molecule has 0 fully saturated rings. The summed E-state index contributed by atoms with van der Waals surface area (Å²) >= 11 is 0. The Bertz CT molecular complexity index is 896. The van der Waals surface area contributed by atoms with Crippen LogP contribution in [0.4, 0.5) is 4.79 Å². The van der Waals surface area contributed by atoms with Gasteiger partial charge in [-0.25, -0.2) is 9.69 Å². The van der Waals surface area contributed by atoms with Crippen LogP contribution in [0.5, 0.6) is 11.5 Å². The molecule has 3 rings (SSSR count). The lowest BCUT2D eigenvalue weighted by molar-refractivity contribution is 0.0233. The third kappa shape index (κ3) is 6.96. The minimum Gasteiger partial charge on any atom is -0.496 e. The molecule has 0 aliphatic carbocycles. The summed E-state index contributed by atoms with van der Waals surface area (Å²) in [5.74, 6) is 0.434. The summed E-state index contributed by atoms with van der Waals surface area (Å²) in [6.07, 6.45) is 1.09. The summed E-state index contributed by atoms with van der Waals surface area (Å²) in [6.45, 7) is 5.87. The lowest BCUT2D eigenvalue weighted by atomic mass is 10.2. The van der Waals surface area contributed by atoms with Crippen LogP contribution in [0, 0.1) is 0 Å². The van der Waals surface area contributed by atoms with E-state index in [1.165, 1.54) is 11.2 Å². The average Bonchev–Trinajstić information content (AvgIpc) is 2.93. The second-order valence-corrected chi connectivity index (χ2v) is 9.10. The minimum absolute atomic E-state index is 0.123. The summed E-state index contributed by atoms with van der Waals surface area (Å²) < 4.78 is 41.4. The number of hydrogen-bond donors (Lipinski definition) is 0. The summed E-state index contributed by atoms with van der Waals surface area (Å²) in [5.41, 5.74) is -0.722. The number of carbonyl (C=O) groups is 1. The SMILES string of the molecule is CC(C)(C)OC(=O)N1CCCOC=C1OP(=O)(Oc1ccccc1)Oc1ccccc1. The fraction of sp³-hybridized carbons (Fsp3) is 0.318. The van der Waals surface area contributed by atoms with Gasteiger partial charge in [0.2, 0.25) is 5.88 Å². The monoisotopic (exact) mass is 447 g/mol. The van der Waals surface area contributed by atoms with Gasteiger partial charge in [0, 0.05) is 6.54 Å². The van der Waals surface area contributed by atoms with Crippen LogP contribution in [0.25, 0.3) is 0 Å². The first kappa shape index (κ1) is 22.6. The van der Waals surface area contributed by atoms with Crippen molar-refractivity contribution in [3.63, 3.8) is 0 Å². The van der Waals surface area contributed by atoms with Crippen molar-refractivity contribution in [3.8, 4) is 11.5 Å². The van der Waals surface area contributed by atoms with Crippen LogP contribution in [0.1, 0.15) is 27.2 Å². The largest absolute Gasteiger partial charge is 0.648 e. The minimum atomic E-state index is -4.28. The highest BCUT2D eigenvalue weighted by atomic mass is 31.2. The molecule has 0 unspecified atom stereocenters. The maximum Gasteiger partial charge on any atom is 0.648 e. The number of hydrogen-bond acceptors (Lipinski definition) is 7. The predicted molar refractivity (Wildman–Crippen MR) is 114 cm³/mol. The Morgan fingerprint density at radius 3 is 2.00 bits per heavy atom. The second kappa shape index (κ2) is 9.79. The van der Waals surface area contributed by atoms with Gasteiger partial charge < -0.3 is 23.0 Å². The van der Waals surface area contributed by atoms with Crippen molar-refractivity contribution in [2.24, 2.45) is 0 Å². The lowest BCUT2D eigenvalue weighted by Gasteiger charge is -2.28. The number of rotatable bonds is 6. The third-order valence-corrected chi connectivity index (χ3v) is 5.11. The van der Waals surface area contributed by atoms with Gasteiger partial charge in [0.25, 0.3) is 0 Å². The van der Waals surface area contributed by atoms with Gasteiger partial charge in [-0.15, -0.1) is 0 Å². The number of amides is 1. The number of phosphoric acid groups is 1. The zero-order valence-corrected chi connectivity index (χ0v) is 18.6. The Hall–Kier alpha value is -3.12. The zero-order chi connectivity index (χ0) is 22.3. The van der Waals surface area contributed by atoms with E-state index in [9.17, 15) is 9.36 Å². The van der Waals surface area contributed by atoms with E-state index >= 15 is 0 Å². The molecule has 0 saturated heterocycles. The van der Waals surface area contributed by atoms with Crippen molar-refractivity contribution < 1.29 is 32.4 Å². The highest BCUT2D eigenvalue weighted by Crippen LogP contribution is 2.52. The molecule has 0 saturated carbocycles. The van der Waals surface area contributed by atoms with E-state index in [1.54, 1.807) is 81.4 Å². The fourth-order valence-corrected chi connectivity index (χ4v) is 3.81. The molecule has 166 valence electrons. The first-order valence-electron chi connectivity index (χ1n) is 9.85. The van der Waals surface area contributed by atoms with E-state index in [-0.39, 0.29) is 23.9 Å². The molecule has 1 aliphatic heterocycles. The van der Waals surface area contributed by atoms with Crippen molar-refractivity contribution in [2.45, 2.75) is 32.8 Å². The second-order valence-electron chi connectivity index (χ2n) is 7.66. The number of nitrogens with zero attached hydrogens (tertiary/aromatic N) is 1. The van der Waals surface area contributed by atoms with Gasteiger partial charge in [-0.2, -0.15) is 4.57 Å². The molecule has 0 radical (unpaired) electrons. The standard InChI is InChI=1S/C22H26NO7P/c1-22(2,3)27-21(24)23-15-10-16-26-17-20(23)30-31(25,28-18-11-6-4-7-12-18)29-19-13-8-5-9-14-19/h4-9,11-14,17H,10,15-16H2,1-3H3. The number of benzene rings is 2. The predicted octanol–water partition coefficient (Wildman–Crippen LogP) is 5.73. The van der Waals surface area contributed by atoms with Crippen molar-refractivity contribution in [1.82, 2.24) is 4.90 Å². The number of phosphoric ester groups is 1. The quantitative estimate of drug-likeness (QED) is 0.523. The van der Waals surface area contributed by atoms with Crippen molar-refractivity contribution in [1.29, 1.82) is 0 Å². The van der Waals surface area contributed by atoms with Crippen LogP contribution >= 0.6 is 7.82 Å². The molecule has 1 amide bonds. The molecular formula is C22H26NO7P. The van der Waals surface area contributed by atoms with Gasteiger partial charge in [-0.05, 0) is 51.5 Å².